The van der Waals surface area contributed by atoms with Crippen LogP contribution in [0.5, 0.6) is 0 Å². The van der Waals surface area contributed by atoms with Crippen LogP contribution in [0.4, 0.5) is 0 Å². The Labute approximate surface area is 154 Å². The van der Waals surface area contributed by atoms with E-state index in [0.29, 0.717) is 18.8 Å². The molecule has 2 aromatic carbocycles. The first kappa shape index (κ1) is 21.4. The van der Waals surface area contributed by atoms with E-state index in [1.807, 2.05) is 42.5 Å². The maximum Gasteiger partial charge on any atom is 0.338 e. The van der Waals surface area contributed by atoms with Gasteiger partial charge in [0, 0.05) is 0 Å². The van der Waals surface area contributed by atoms with Crippen LogP contribution in [0.15, 0.2) is 54.6 Å². The van der Waals surface area contributed by atoms with Crippen molar-refractivity contribution in [1.82, 2.24) is 0 Å². The van der Waals surface area contributed by atoms with E-state index in [1.165, 1.54) is 0 Å². The minimum atomic E-state index is -0.281. The van der Waals surface area contributed by atoms with Gasteiger partial charge in [-0.3, -0.25) is 4.79 Å². The molecule has 0 aliphatic carbocycles. The van der Waals surface area contributed by atoms with Crippen molar-refractivity contribution in [3.8, 4) is 0 Å². The Balaban J connectivity index is 0.000000273. The highest BCUT2D eigenvalue weighted by molar-refractivity contribution is 5.89. The van der Waals surface area contributed by atoms with Gasteiger partial charge in [-0.15, -0.1) is 0 Å². The van der Waals surface area contributed by atoms with E-state index in [2.05, 4.69) is 0 Å². The number of hydrogen-bond donors (Lipinski definition) is 1. The van der Waals surface area contributed by atoms with Crippen molar-refractivity contribution in [2.24, 2.45) is 0 Å². The molecule has 5 heteroatoms. The predicted octanol–water partition coefficient (Wildman–Crippen LogP) is 3.71. The van der Waals surface area contributed by atoms with Crippen LogP contribution in [0, 0.1) is 0 Å². The minimum absolute atomic E-state index is 0.0105. The number of rotatable bonds is 6. The van der Waals surface area contributed by atoms with E-state index in [1.54, 1.807) is 32.9 Å². The monoisotopic (exact) mass is 358 g/mol. The van der Waals surface area contributed by atoms with Gasteiger partial charge in [0.25, 0.3) is 0 Å². The Morgan fingerprint density at radius 3 is 2.19 bits per heavy atom. The predicted molar refractivity (Wildman–Crippen MR) is 99.8 cm³/mol. The van der Waals surface area contributed by atoms with Crippen molar-refractivity contribution in [2.75, 3.05) is 13.2 Å². The second-order valence-corrected chi connectivity index (χ2v) is 5.46. The van der Waals surface area contributed by atoms with Crippen molar-refractivity contribution in [2.45, 2.75) is 33.3 Å². The number of esters is 2. The lowest BCUT2D eigenvalue weighted by Crippen LogP contribution is -2.13. The molecule has 0 aliphatic heterocycles. The first-order valence-electron chi connectivity index (χ1n) is 8.61. The van der Waals surface area contributed by atoms with Gasteiger partial charge in [-0.2, -0.15) is 0 Å². The second-order valence-electron chi connectivity index (χ2n) is 5.46. The van der Waals surface area contributed by atoms with Crippen molar-refractivity contribution < 1.29 is 24.2 Å². The molecule has 0 saturated carbocycles. The average molecular weight is 358 g/mol. The molecule has 1 N–H and O–H groups in total. The summed E-state index contributed by atoms with van der Waals surface area (Å²) in [6.45, 7) is 6.18. The SMILES string of the molecule is CCOC(=O)C(C)c1cccc(CO)c1.CCOC(=O)c1ccccc1. The lowest BCUT2D eigenvalue weighted by Gasteiger charge is -2.11. The molecule has 0 aliphatic rings. The smallest absolute Gasteiger partial charge is 0.338 e. The zero-order valence-corrected chi connectivity index (χ0v) is 15.5. The molecular formula is C21H26O5. The third-order valence-corrected chi connectivity index (χ3v) is 3.56. The standard InChI is InChI=1S/C12H16O3.C9H10O2/c1-3-15-12(14)9(2)11-6-4-5-10(7-11)8-13;1-2-11-9(10)8-6-4-3-5-7-8/h4-7,9,13H,3,8H2,1-2H3;3-7H,2H2,1H3. The van der Waals surface area contributed by atoms with Gasteiger partial charge < -0.3 is 14.6 Å². The van der Waals surface area contributed by atoms with Gasteiger partial charge in [0.1, 0.15) is 0 Å². The van der Waals surface area contributed by atoms with Gasteiger partial charge in [-0.25, -0.2) is 4.79 Å². The maximum atomic E-state index is 11.5. The van der Waals surface area contributed by atoms with Crippen LogP contribution in [0.1, 0.15) is 48.2 Å². The minimum Gasteiger partial charge on any atom is -0.466 e. The summed E-state index contributed by atoms with van der Waals surface area (Å²) in [5.74, 6) is -0.767. The quantitative estimate of drug-likeness (QED) is 0.797. The van der Waals surface area contributed by atoms with Crippen molar-refractivity contribution in [3.05, 3.63) is 71.3 Å². The summed E-state index contributed by atoms with van der Waals surface area (Å²) in [5.41, 5.74) is 2.29. The summed E-state index contributed by atoms with van der Waals surface area (Å²) in [6, 6.07) is 16.3. The number of ether oxygens (including phenoxy) is 2. The fourth-order valence-electron chi connectivity index (χ4n) is 2.15. The zero-order valence-electron chi connectivity index (χ0n) is 15.5. The summed E-state index contributed by atoms with van der Waals surface area (Å²) in [7, 11) is 0. The van der Waals surface area contributed by atoms with Crippen LogP contribution in [0.3, 0.4) is 0 Å². The third-order valence-electron chi connectivity index (χ3n) is 3.56. The lowest BCUT2D eigenvalue weighted by atomic mass is 9.99. The van der Waals surface area contributed by atoms with E-state index in [0.717, 1.165) is 11.1 Å². The lowest BCUT2D eigenvalue weighted by molar-refractivity contribution is -0.144. The van der Waals surface area contributed by atoms with E-state index >= 15 is 0 Å². The Bertz CT molecular complexity index is 682. The molecule has 5 nitrogen and oxygen atoms in total. The van der Waals surface area contributed by atoms with Gasteiger partial charge in [-0.1, -0.05) is 42.5 Å². The fraction of sp³-hybridized carbons (Fsp3) is 0.333. The summed E-state index contributed by atoms with van der Waals surface area (Å²) in [4.78, 5) is 22.5. The third kappa shape index (κ3) is 7.07. The van der Waals surface area contributed by atoms with Crippen molar-refractivity contribution >= 4 is 11.9 Å². The Morgan fingerprint density at radius 2 is 1.62 bits per heavy atom. The first-order chi connectivity index (χ1) is 12.5. The summed E-state index contributed by atoms with van der Waals surface area (Å²) in [6.07, 6.45) is 0. The normalized spacial score (nSPS) is 10.9. The molecule has 2 aromatic rings. The van der Waals surface area contributed by atoms with Crippen molar-refractivity contribution in [3.63, 3.8) is 0 Å². The molecule has 140 valence electrons. The number of aliphatic hydroxyl groups is 1. The number of carbonyl (C=O) groups excluding carboxylic acids is 2. The molecule has 0 saturated heterocycles. The van der Waals surface area contributed by atoms with E-state index in [9.17, 15) is 9.59 Å². The van der Waals surface area contributed by atoms with Gasteiger partial charge >= 0.3 is 11.9 Å². The Morgan fingerprint density at radius 1 is 0.962 bits per heavy atom. The highest BCUT2D eigenvalue weighted by Crippen LogP contribution is 2.18. The van der Waals surface area contributed by atoms with Gasteiger partial charge in [0.05, 0.1) is 31.3 Å². The Kier molecular flexibility index (Phi) is 9.72. The largest absolute Gasteiger partial charge is 0.466 e. The summed E-state index contributed by atoms with van der Waals surface area (Å²) < 4.78 is 9.72. The molecule has 1 atom stereocenters. The molecule has 0 fully saturated rings. The molecule has 0 bridgehead atoms. The zero-order chi connectivity index (χ0) is 19.4. The van der Waals surface area contributed by atoms with Crippen LogP contribution in [-0.2, 0) is 20.9 Å². The van der Waals surface area contributed by atoms with E-state index in [-0.39, 0.29) is 24.5 Å². The summed E-state index contributed by atoms with van der Waals surface area (Å²) in [5, 5.41) is 8.97. The topological polar surface area (TPSA) is 72.8 Å². The maximum absolute atomic E-state index is 11.5. The molecule has 0 amide bonds. The highest BCUT2D eigenvalue weighted by atomic mass is 16.5. The van der Waals surface area contributed by atoms with E-state index < -0.39 is 0 Å². The van der Waals surface area contributed by atoms with Crippen LogP contribution < -0.4 is 0 Å². The number of aliphatic hydroxyl groups excluding tert-OH is 1. The highest BCUT2D eigenvalue weighted by Gasteiger charge is 2.16. The van der Waals surface area contributed by atoms with Crippen LogP contribution in [-0.4, -0.2) is 30.3 Å². The average Bonchev–Trinajstić information content (AvgIpc) is 2.69. The fourth-order valence-corrected chi connectivity index (χ4v) is 2.15. The molecule has 0 aromatic heterocycles. The van der Waals surface area contributed by atoms with E-state index in [4.69, 9.17) is 14.6 Å². The number of hydrogen-bond acceptors (Lipinski definition) is 5. The van der Waals surface area contributed by atoms with Crippen LogP contribution in [0.2, 0.25) is 0 Å². The van der Waals surface area contributed by atoms with Gasteiger partial charge in [-0.05, 0) is 44.0 Å². The second kappa shape index (κ2) is 11.8. The molecule has 0 heterocycles. The van der Waals surface area contributed by atoms with Gasteiger partial charge in [0.15, 0.2) is 0 Å². The van der Waals surface area contributed by atoms with Crippen LogP contribution >= 0.6 is 0 Å². The summed E-state index contributed by atoms with van der Waals surface area (Å²) >= 11 is 0. The molecular weight excluding hydrogens is 332 g/mol. The molecule has 0 radical (unpaired) electrons. The van der Waals surface area contributed by atoms with Crippen LogP contribution in [0.25, 0.3) is 0 Å². The molecule has 0 spiro atoms. The van der Waals surface area contributed by atoms with Gasteiger partial charge in [0.2, 0.25) is 0 Å². The first-order valence-corrected chi connectivity index (χ1v) is 8.61. The Hall–Kier alpha value is -2.66. The molecule has 26 heavy (non-hydrogen) atoms. The van der Waals surface area contributed by atoms with Crippen molar-refractivity contribution in [1.29, 1.82) is 0 Å². The molecule has 1 unspecified atom stereocenters. The number of benzene rings is 2. The number of carbonyl (C=O) groups is 2. The molecule has 2 rings (SSSR count).